The van der Waals surface area contributed by atoms with Crippen LogP contribution < -0.4 is 0 Å². The van der Waals surface area contributed by atoms with Gasteiger partial charge in [-0.3, -0.25) is 9.59 Å². The van der Waals surface area contributed by atoms with Crippen LogP contribution in [0, 0.1) is 11.8 Å². The summed E-state index contributed by atoms with van der Waals surface area (Å²) in [5.41, 5.74) is 1.14. The molecule has 2 bridgehead atoms. The molecule has 3 aliphatic carbocycles. The molecule has 0 aromatic rings. The van der Waals surface area contributed by atoms with Crippen LogP contribution >= 0.6 is 23.2 Å². The largest absolute Gasteiger partial charge is 0.288 e. The summed E-state index contributed by atoms with van der Waals surface area (Å²) in [7, 11) is 0. The molecule has 76 valence electrons. The van der Waals surface area contributed by atoms with Crippen LogP contribution in [0.2, 0.25) is 0 Å². The number of carbonyl (C=O) groups excluding carboxylic acids is 2. The molecule has 0 aromatic carbocycles. The highest BCUT2D eigenvalue weighted by Crippen LogP contribution is 2.49. The summed E-state index contributed by atoms with van der Waals surface area (Å²) in [4.78, 5) is 23.7. The fourth-order valence-electron chi connectivity index (χ4n) is 2.54. The van der Waals surface area contributed by atoms with Crippen molar-refractivity contribution in [1.82, 2.24) is 0 Å². The second-order valence-corrected chi connectivity index (χ2v) is 4.70. The zero-order valence-electron chi connectivity index (χ0n) is 7.59. The maximum Gasteiger partial charge on any atom is 0.203 e. The fourth-order valence-corrected chi connectivity index (χ4v) is 2.92. The topological polar surface area (TPSA) is 34.1 Å². The molecule has 0 N–H and O–H groups in total. The Morgan fingerprint density at radius 1 is 0.933 bits per heavy atom. The first kappa shape index (κ1) is 9.37. The van der Waals surface area contributed by atoms with Crippen molar-refractivity contribution in [2.45, 2.75) is 6.42 Å². The SMILES string of the molecule is O=C1C(Cl)=C(Cl)C(=O)C2=C1C1C=CC2C1. The van der Waals surface area contributed by atoms with Crippen LogP contribution in [0.5, 0.6) is 0 Å². The second-order valence-electron chi connectivity index (χ2n) is 3.95. The number of hydrogen-bond donors (Lipinski definition) is 0. The van der Waals surface area contributed by atoms with E-state index in [2.05, 4.69) is 0 Å². The van der Waals surface area contributed by atoms with Crippen LogP contribution in [0.15, 0.2) is 33.4 Å². The van der Waals surface area contributed by atoms with Gasteiger partial charge in [0.2, 0.25) is 11.6 Å². The van der Waals surface area contributed by atoms with Gasteiger partial charge in [-0.05, 0) is 6.42 Å². The lowest BCUT2D eigenvalue weighted by Gasteiger charge is -2.18. The molecule has 0 spiro atoms. The third-order valence-electron chi connectivity index (χ3n) is 3.20. The Morgan fingerprint density at radius 3 is 1.73 bits per heavy atom. The van der Waals surface area contributed by atoms with E-state index in [1.165, 1.54) is 0 Å². The maximum atomic E-state index is 11.8. The first-order valence-corrected chi connectivity index (χ1v) is 5.44. The molecule has 4 heteroatoms. The number of Topliss-reactive ketones (excluding diaryl/α,β-unsaturated/α-hetero) is 2. The fraction of sp³-hybridized carbons (Fsp3) is 0.273. The molecule has 15 heavy (non-hydrogen) atoms. The van der Waals surface area contributed by atoms with Gasteiger partial charge in [-0.15, -0.1) is 0 Å². The zero-order chi connectivity index (χ0) is 10.7. The van der Waals surface area contributed by atoms with E-state index >= 15 is 0 Å². The van der Waals surface area contributed by atoms with Crippen molar-refractivity contribution in [3.05, 3.63) is 33.4 Å². The highest BCUT2D eigenvalue weighted by atomic mass is 35.5. The Labute approximate surface area is 96.2 Å². The highest BCUT2D eigenvalue weighted by Gasteiger charge is 2.46. The van der Waals surface area contributed by atoms with E-state index in [0.717, 1.165) is 6.42 Å². The van der Waals surface area contributed by atoms with Crippen molar-refractivity contribution in [3.8, 4) is 0 Å². The van der Waals surface area contributed by atoms with E-state index in [9.17, 15) is 9.59 Å². The Bertz CT molecular complexity index is 455. The zero-order valence-corrected chi connectivity index (χ0v) is 9.10. The Hall–Kier alpha value is -0.860. The first-order chi connectivity index (χ1) is 7.11. The number of allylic oxidation sites excluding steroid dienone is 6. The average Bonchev–Trinajstić information content (AvgIpc) is 2.82. The van der Waals surface area contributed by atoms with E-state index in [-0.39, 0.29) is 33.5 Å². The van der Waals surface area contributed by atoms with E-state index in [0.29, 0.717) is 11.1 Å². The van der Waals surface area contributed by atoms with Crippen LogP contribution in [0.25, 0.3) is 0 Å². The molecule has 3 aliphatic rings. The third-order valence-corrected chi connectivity index (χ3v) is 4.01. The molecule has 0 saturated heterocycles. The van der Waals surface area contributed by atoms with E-state index in [4.69, 9.17) is 23.2 Å². The molecular weight excluding hydrogens is 235 g/mol. The monoisotopic (exact) mass is 240 g/mol. The standard InChI is InChI=1S/C11H6Cl2O2/c12-8-9(13)11(15)7-5-2-1-4(3-5)6(7)10(8)14/h1-2,4-5H,3H2. The predicted octanol–water partition coefficient (Wildman–Crippen LogP) is 2.33. The number of rotatable bonds is 0. The molecule has 2 unspecified atom stereocenters. The highest BCUT2D eigenvalue weighted by molar-refractivity contribution is 6.59. The van der Waals surface area contributed by atoms with Gasteiger partial charge in [-0.2, -0.15) is 0 Å². The Kier molecular flexibility index (Phi) is 1.77. The Balaban J connectivity index is 2.20. The second kappa shape index (κ2) is 2.83. The molecule has 0 aliphatic heterocycles. The van der Waals surface area contributed by atoms with Crippen LogP contribution in [-0.4, -0.2) is 11.6 Å². The molecule has 2 nitrogen and oxygen atoms in total. The van der Waals surface area contributed by atoms with Gasteiger partial charge < -0.3 is 0 Å². The van der Waals surface area contributed by atoms with E-state index in [1.807, 2.05) is 12.2 Å². The summed E-state index contributed by atoms with van der Waals surface area (Å²) >= 11 is 11.5. The molecule has 0 amide bonds. The summed E-state index contributed by atoms with van der Waals surface area (Å²) in [5.74, 6) is -0.402. The predicted molar refractivity (Wildman–Crippen MR) is 56.5 cm³/mol. The lowest BCUT2D eigenvalue weighted by atomic mass is 9.87. The van der Waals surface area contributed by atoms with E-state index < -0.39 is 0 Å². The Morgan fingerprint density at radius 2 is 1.33 bits per heavy atom. The third kappa shape index (κ3) is 1.01. The van der Waals surface area contributed by atoms with Crippen LogP contribution in [-0.2, 0) is 9.59 Å². The maximum absolute atomic E-state index is 11.8. The summed E-state index contributed by atoms with van der Waals surface area (Å²) in [5, 5.41) is -0.247. The molecule has 0 fully saturated rings. The van der Waals surface area contributed by atoms with Crippen molar-refractivity contribution in [2.75, 3.05) is 0 Å². The normalized spacial score (nSPS) is 33.2. The minimum atomic E-state index is -0.270. The van der Waals surface area contributed by atoms with Gasteiger partial charge in [0.1, 0.15) is 10.1 Å². The summed E-state index contributed by atoms with van der Waals surface area (Å²) in [6.45, 7) is 0. The quantitative estimate of drug-likeness (QED) is 0.481. The molecule has 0 aromatic heterocycles. The van der Waals surface area contributed by atoms with Gasteiger partial charge in [0, 0.05) is 23.0 Å². The number of fused-ring (bicyclic) bond motifs is 4. The molecule has 2 atom stereocenters. The van der Waals surface area contributed by atoms with Crippen LogP contribution in [0.1, 0.15) is 6.42 Å². The van der Waals surface area contributed by atoms with Crippen LogP contribution in [0.3, 0.4) is 0 Å². The molecule has 0 radical (unpaired) electrons. The van der Waals surface area contributed by atoms with Gasteiger partial charge in [0.05, 0.1) is 0 Å². The van der Waals surface area contributed by atoms with Crippen molar-refractivity contribution < 1.29 is 9.59 Å². The van der Waals surface area contributed by atoms with Gasteiger partial charge in [0.15, 0.2) is 0 Å². The van der Waals surface area contributed by atoms with Gasteiger partial charge in [-0.1, -0.05) is 35.4 Å². The lowest BCUT2D eigenvalue weighted by Crippen LogP contribution is -2.22. The first-order valence-electron chi connectivity index (χ1n) is 4.68. The number of ketones is 2. The van der Waals surface area contributed by atoms with E-state index in [1.54, 1.807) is 0 Å². The smallest absolute Gasteiger partial charge is 0.203 e. The van der Waals surface area contributed by atoms with Crippen molar-refractivity contribution in [2.24, 2.45) is 11.8 Å². The van der Waals surface area contributed by atoms with Crippen LogP contribution in [0.4, 0.5) is 0 Å². The molecule has 0 heterocycles. The van der Waals surface area contributed by atoms with Crippen molar-refractivity contribution in [3.63, 3.8) is 0 Å². The minimum Gasteiger partial charge on any atom is -0.288 e. The van der Waals surface area contributed by atoms with Crippen molar-refractivity contribution in [1.29, 1.82) is 0 Å². The summed E-state index contributed by atoms with van der Waals surface area (Å²) in [6, 6.07) is 0. The summed E-state index contributed by atoms with van der Waals surface area (Å²) < 4.78 is 0. The number of hydrogen-bond acceptors (Lipinski definition) is 2. The summed E-state index contributed by atoms with van der Waals surface area (Å²) in [6.07, 6.45) is 4.76. The van der Waals surface area contributed by atoms with Gasteiger partial charge in [0.25, 0.3) is 0 Å². The van der Waals surface area contributed by atoms with Gasteiger partial charge in [-0.25, -0.2) is 0 Å². The minimum absolute atomic E-state index is 0.0694. The average molecular weight is 241 g/mol. The van der Waals surface area contributed by atoms with Gasteiger partial charge >= 0.3 is 0 Å². The lowest BCUT2D eigenvalue weighted by molar-refractivity contribution is -0.115. The molecular formula is C11H6Cl2O2. The number of halogens is 2. The van der Waals surface area contributed by atoms with Crippen molar-refractivity contribution >= 4 is 34.8 Å². The molecule has 0 saturated carbocycles. The molecule has 3 rings (SSSR count). The number of carbonyl (C=O) groups is 2.